The van der Waals surface area contributed by atoms with Crippen molar-refractivity contribution in [3.8, 4) is 0 Å². The molecular formula is C73H141NO5. The first-order chi connectivity index (χ1) is 39.0. The molecule has 0 aromatic rings. The highest BCUT2D eigenvalue weighted by Crippen LogP contribution is 2.19. The van der Waals surface area contributed by atoms with Crippen LogP contribution in [-0.4, -0.2) is 47.4 Å². The summed E-state index contributed by atoms with van der Waals surface area (Å²) in [6, 6.07) is -0.534. The minimum absolute atomic E-state index is 0.0157. The van der Waals surface area contributed by atoms with Gasteiger partial charge in [0.05, 0.1) is 25.4 Å². The second-order valence-electron chi connectivity index (χ2n) is 24.9. The van der Waals surface area contributed by atoms with Crippen LogP contribution in [0.15, 0.2) is 24.3 Å². The molecule has 0 bridgehead atoms. The Morgan fingerprint density at radius 1 is 0.354 bits per heavy atom. The third-order valence-corrected chi connectivity index (χ3v) is 17.0. The molecule has 6 nitrogen and oxygen atoms in total. The van der Waals surface area contributed by atoms with Gasteiger partial charge in [-0.15, -0.1) is 0 Å². The van der Waals surface area contributed by atoms with Crippen molar-refractivity contribution < 1.29 is 24.5 Å². The van der Waals surface area contributed by atoms with Gasteiger partial charge in [-0.1, -0.05) is 359 Å². The van der Waals surface area contributed by atoms with Crippen molar-refractivity contribution in [1.29, 1.82) is 0 Å². The molecule has 2 atom stereocenters. The van der Waals surface area contributed by atoms with Gasteiger partial charge in [0.25, 0.3) is 0 Å². The van der Waals surface area contributed by atoms with Gasteiger partial charge in [0.2, 0.25) is 5.91 Å². The standard InChI is InChI=1S/C73H141NO5/c1-3-5-7-9-11-13-14-15-16-17-38-41-44-47-51-55-59-63-67-73(78)79-68-64-60-56-52-48-45-42-39-36-34-32-30-28-26-24-22-20-18-19-21-23-25-27-29-31-33-35-37-40-43-46-50-54-58-62-66-72(77)74-70(69-75)71(76)65-61-57-53-49-12-10-8-6-4-2/h13-14,16-17,70-71,75-76H,3-12,15,18-69H2,1-2H3,(H,74,77)/b14-13-,17-16-. The Morgan fingerprint density at radius 2 is 0.633 bits per heavy atom. The van der Waals surface area contributed by atoms with E-state index < -0.39 is 12.1 Å². The molecule has 2 unspecified atom stereocenters. The molecule has 6 heteroatoms. The summed E-state index contributed by atoms with van der Waals surface area (Å²) < 4.78 is 5.51. The molecule has 0 aromatic carbocycles. The Balaban J connectivity index is 3.27. The van der Waals surface area contributed by atoms with Crippen LogP contribution in [0.3, 0.4) is 0 Å². The van der Waals surface area contributed by atoms with Crippen molar-refractivity contribution >= 4 is 11.9 Å². The number of hydrogen-bond donors (Lipinski definition) is 3. The van der Waals surface area contributed by atoms with E-state index in [4.69, 9.17) is 4.74 Å². The van der Waals surface area contributed by atoms with E-state index in [2.05, 4.69) is 43.5 Å². The third kappa shape index (κ3) is 65.4. The van der Waals surface area contributed by atoms with Crippen molar-refractivity contribution in [1.82, 2.24) is 5.32 Å². The number of aliphatic hydroxyl groups is 2. The summed E-state index contributed by atoms with van der Waals surface area (Å²) in [5.74, 6) is -0.0145. The summed E-state index contributed by atoms with van der Waals surface area (Å²) in [5.41, 5.74) is 0. The highest BCUT2D eigenvalue weighted by Gasteiger charge is 2.20. The molecule has 1 amide bonds. The van der Waals surface area contributed by atoms with E-state index in [1.165, 1.54) is 321 Å². The maximum atomic E-state index is 12.4. The predicted octanol–water partition coefficient (Wildman–Crippen LogP) is 23.3. The van der Waals surface area contributed by atoms with Crippen LogP contribution < -0.4 is 5.32 Å². The maximum Gasteiger partial charge on any atom is 0.305 e. The van der Waals surface area contributed by atoms with Gasteiger partial charge in [-0.25, -0.2) is 0 Å². The molecule has 0 heterocycles. The van der Waals surface area contributed by atoms with E-state index in [1.807, 2.05) is 0 Å². The van der Waals surface area contributed by atoms with Crippen LogP contribution in [0.25, 0.3) is 0 Å². The van der Waals surface area contributed by atoms with Gasteiger partial charge in [0, 0.05) is 12.8 Å². The van der Waals surface area contributed by atoms with Gasteiger partial charge >= 0.3 is 5.97 Å². The average Bonchev–Trinajstić information content (AvgIpc) is 3.45. The Bertz CT molecular complexity index is 1230. The molecule has 0 fully saturated rings. The predicted molar refractivity (Wildman–Crippen MR) is 347 cm³/mol. The van der Waals surface area contributed by atoms with Crippen molar-refractivity contribution in [2.24, 2.45) is 0 Å². The van der Waals surface area contributed by atoms with Crippen LogP contribution in [0.1, 0.15) is 406 Å². The summed E-state index contributed by atoms with van der Waals surface area (Å²) in [5, 5.41) is 23.2. The number of aliphatic hydroxyl groups excluding tert-OH is 2. The van der Waals surface area contributed by atoms with Gasteiger partial charge in [0.1, 0.15) is 0 Å². The minimum atomic E-state index is -0.657. The number of carbonyl (C=O) groups is 2. The van der Waals surface area contributed by atoms with Crippen LogP contribution in [0.4, 0.5) is 0 Å². The quantitative estimate of drug-likeness (QED) is 0.0320. The number of unbranched alkanes of at least 4 members (excludes halogenated alkanes) is 53. The van der Waals surface area contributed by atoms with E-state index in [1.54, 1.807) is 0 Å². The molecule has 0 aliphatic heterocycles. The smallest absolute Gasteiger partial charge is 0.305 e. The fraction of sp³-hybridized carbons (Fsp3) is 0.918. The number of amides is 1. The Kier molecular flexibility index (Phi) is 67.4. The molecule has 468 valence electrons. The molecule has 0 rings (SSSR count). The molecule has 0 aromatic heterocycles. The van der Waals surface area contributed by atoms with Gasteiger partial charge in [-0.3, -0.25) is 9.59 Å². The number of esters is 1. The fourth-order valence-corrected chi connectivity index (χ4v) is 11.5. The van der Waals surface area contributed by atoms with Crippen LogP contribution in [0.5, 0.6) is 0 Å². The zero-order valence-corrected chi connectivity index (χ0v) is 53.6. The number of nitrogens with one attached hydrogen (secondary N) is 1. The first-order valence-corrected chi connectivity index (χ1v) is 36.1. The summed E-state index contributed by atoms with van der Waals surface area (Å²) in [6.07, 6.45) is 86.9. The second-order valence-corrected chi connectivity index (χ2v) is 24.9. The number of rotatable bonds is 68. The zero-order valence-electron chi connectivity index (χ0n) is 53.6. The van der Waals surface area contributed by atoms with E-state index in [-0.39, 0.29) is 18.5 Å². The second kappa shape index (κ2) is 68.8. The molecular weight excluding hydrogens is 971 g/mol. The highest BCUT2D eigenvalue weighted by molar-refractivity contribution is 5.76. The van der Waals surface area contributed by atoms with E-state index in [0.717, 1.165) is 51.4 Å². The summed E-state index contributed by atoms with van der Waals surface area (Å²) in [7, 11) is 0. The van der Waals surface area contributed by atoms with Crippen molar-refractivity contribution in [3.63, 3.8) is 0 Å². The molecule has 0 saturated carbocycles. The Morgan fingerprint density at radius 3 is 0.975 bits per heavy atom. The van der Waals surface area contributed by atoms with Crippen LogP contribution in [-0.2, 0) is 14.3 Å². The molecule has 0 saturated heterocycles. The molecule has 0 aliphatic rings. The third-order valence-electron chi connectivity index (χ3n) is 17.0. The topological polar surface area (TPSA) is 95.9 Å². The van der Waals surface area contributed by atoms with E-state index >= 15 is 0 Å². The highest BCUT2D eigenvalue weighted by atomic mass is 16.5. The minimum Gasteiger partial charge on any atom is -0.466 e. The van der Waals surface area contributed by atoms with Gasteiger partial charge in [-0.05, 0) is 57.8 Å². The first kappa shape index (κ1) is 77.3. The monoisotopic (exact) mass is 1110 g/mol. The largest absolute Gasteiger partial charge is 0.466 e. The molecule has 79 heavy (non-hydrogen) atoms. The molecule has 0 aliphatic carbocycles. The lowest BCUT2D eigenvalue weighted by atomic mass is 10.0. The van der Waals surface area contributed by atoms with Gasteiger partial charge < -0.3 is 20.3 Å². The van der Waals surface area contributed by atoms with Crippen LogP contribution in [0, 0.1) is 0 Å². The number of allylic oxidation sites excluding steroid dienone is 4. The van der Waals surface area contributed by atoms with Crippen LogP contribution >= 0.6 is 0 Å². The van der Waals surface area contributed by atoms with Crippen molar-refractivity contribution in [2.75, 3.05) is 13.2 Å². The Hall–Kier alpha value is -1.66. The van der Waals surface area contributed by atoms with E-state index in [9.17, 15) is 19.8 Å². The average molecular weight is 1110 g/mol. The van der Waals surface area contributed by atoms with E-state index in [0.29, 0.717) is 25.9 Å². The fourth-order valence-electron chi connectivity index (χ4n) is 11.5. The van der Waals surface area contributed by atoms with Crippen molar-refractivity contribution in [3.05, 3.63) is 24.3 Å². The van der Waals surface area contributed by atoms with Crippen molar-refractivity contribution in [2.45, 2.75) is 418 Å². The number of carbonyl (C=O) groups excluding carboxylic acids is 2. The Labute approximate surface area is 494 Å². The SMILES string of the molecule is CCCCCC/C=C\C/C=C\CCCCCCCCCC(=O)OCCCCCCCCCCCCCCCCCCCCCCCCCCCCCCCCCCCCCC(=O)NC(CO)C(O)CCCCCCCCCCC. The zero-order chi connectivity index (χ0) is 57.1. The lowest BCUT2D eigenvalue weighted by Gasteiger charge is -2.22. The molecule has 0 spiro atoms. The van der Waals surface area contributed by atoms with Crippen LogP contribution in [0.2, 0.25) is 0 Å². The normalized spacial score (nSPS) is 12.6. The lowest BCUT2D eigenvalue weighted by molar-refractivity contribution is -0.143. The number of hydrogen-bond acceptors (Lipinski definition) is 5. The van der Waals surface area contributed by atoms with Gasteiger partial charge in [-0.2, -0.15) is 0 Å². The molecule has 3 N–H and O–H groups in total. The van der Waals surface area contributed by atoms with Gasteiger partial charge in [0.15, 0.2) is 0 Å². The molecule has 0 radical (unpaired) electrons. The number of ether oxygens (including phenoxy) is 1. The first-order valence-electron chi connectivity index (χ1n) is 36.1. The maximum absolute atomic E-state index is 12.4. The summed E-state index contributed by atoms with van der Waals surface area (Å²) >= 11 is 0. The lowest BCUT2D eigenvalue weighted by Crippen LogP contribution is -2.45. The summed E-state index contributed by atoms with van der Waals surface area (Å²) in [4.78, 5) is 24.5. The summed E-state index contributed by atoms with van der Waals surface area (Å²) in [6.45, 7) is 4.94.